The summed E-state index contributed by atoms with van der Waals surface area (Å²) < 4.78 is 10.4. The first-order chi connectivity index (χ1) is 16.1. The molecule has 0 unspecified atom stereocenters. The third-order valence-electron chi connectivity index (χ3n) is 5.97. The van der Waals surface area contributed by atoms with Gasteiger partial charge >= 0.3 is 12.0 Å². The summed E-state index contributed by atoms with van der Waals surface area (Å²) in [6, 6.07) is 12.3. The molecule has 8 nitrogen and oxygen atoms in total. The van der Waals surface area contributed by atoms with Gasteiger partial charge in [-0.3, -0.25) is 4.79 Å². The van der Waals surface area contributed by atoms with E-state index in [0.29, 0.717) is 22.7 Å². The summed E-state index contributed by atoms with van der Waals surface area (Å²) in [5.41, 5.74) is 3.17. The molecule has 2 aromatic carbocycles. The molecule has 0 atom stereocenters. The van der Waals surface area contributed by atoms with Gasteiger partial charge in [-0.15, -0.1) is 0 Å². The van der Waals surface area contributed by atoms with Crippen LogP contribution in [-0.4, -0.2) is 48.1 Å². The number of carbonyl (C=O) groups is 3. The second-order valence-electron chi connectivity index (χ2n) is 9.28. The molecule has 0 saturated carbocycles. The Hall–Kier alpha value is -3.81. The Balaban J connectivity index is 1.72. The van der Waals surface area contributed by atoms with E-state index in [-0.39, 0.29) is 31.0 Å². The summed E-state index contributed by atoms with van der Waals surface area (Å²) in [5.74, 6) is -0.189. The standard InChI is InChI=1S/C26H29N3O5/c1-6-34-24(31)23-20(19-13-16(26(2,3)4)7-12-21(19)27-23)14-28-15-22(30)29(25(28)32)17-8-10-18(33-5)11-9-17/h7-13,27H,6,14-15H2,1-5H3. The monoisotopic (exact) mass is 463 g/mol. The average Bonchev–Trinajstić information content (AvgIpc) is 3.30. The maximum Gasteiger partial charge on any atom is 0.355 e. The van der Waals surface area contributed by atoms with Crippen LogP contribution in [0.2, 0.25) is 0 Å². The van der Waals surface area contributed by atoms with Gasteiger partial charge in [0, 0.05) is 16.5 Å². The van der Waals surface area contributed by atoms with Gasteiger partial charge in [0.2, 0.25) is 0 Å². The number of carbonyl (C=O) groups excluding carboxylic acids is 3. The Bertz CT molecular complexity index is 1250. The van der Waals surface area contributed by atoms with E-state index in [1.165, 1.54) is 4.90 Å². The van der Waals surface area contributed by atoms with Crippen LogP contribution >= 0.6 is 0 Å². The molecule has 8 heteroatoms. The Morgan fingerprint density at radius 1 is 1.09 bits per heavy atom. The maximum absolute atomic E-state index is 13.2. The molecule has 1 fully saturated rings. The molecule has 34 heavy (non-hydrogen) atoms. The van der Waals surface area contributed by atoms with E-state index >= 15 is 0 Å². The van der Waals surface area contributed by atoms with E-state index in [1.807, 2.05) is 18.2 Å². The molecule has 1 aromatic heterocycles. The van der Waals surface area contributed by atoms with E-state index in [9.17, 15) is 14.4 Å². The first-order valence-corrected chi connectivity index (χ1v) is 11.2. The van der Waals surface area contributed by atoms with E-state index in [4.69, 9.17) is 9.47 Å². The molecular weight excluding hydrogens is 434 g/mol. The van der Waals surface area contributed by atoms with Crippen molar-refractivity contribution in [3.05, 3.63) is 59.3 Å². The first-order valence-electron chi connectivity index (χ1n) is 11.2. The van der Waals surface area contributed by atoms with Crippen molar-refractivity contribution in [1.82, 2.24) is 9.88 Å². The number of fused-ring (bicyclic) bond motifs is 1. The summed E-state index contributed by atoms with van der Waals surface area (Å²) in [6.45, 7) is 8.32. The third kappa shape index (κ3) is 4.23. The fourth-order valence-electron chi connectivity index (χ4n) is 4.11. The first kappa shape index (κ1) is 23.4. The van der Waals surface area contributed by atoms with E-state index in [0.717, 1.165) is 21.4 Å². The smallest absolute Gasteiger partial charge is 0.355 e. The zero-order valence-electron chi connectivity index (χ0n) is 20.1. The zero-order valence-corrected chi connectivity index (χ0v) is 20.1. The lowest BCUT2D eigenvalue weighted by Crippen LogP contribution is -2.33. The average molecular weight is 464 g/mol. The Kier molecular flexibility index (Phi) is 6.08. The molecule has 0 aliphatic carbocycles. The number of benzene rings is 2. The van der Waals surface area contributed by atoms with Crippen LogP contribution < -0.4 is 9.64 Å². The fourth-order valence-corrected chi connectivity index (χ4v) is 4.11. The number of methoxy groups -OCH3 is 1. The van der Waals surface area contributed by atoms with Gasteiger partial charge < -0.3 is 19.4 Å². The van der Waals surface area contributed by atoms with Crippen LogP contribution in [0.3, 0.4) is 0 Å². The minimum Gasteiger partial charge on any atom is -0.497 e. The van der Waals surface area contributed by atoms with Gasteiger partial charge in [0.1, 0.15) is 18.0 Å². The number of anilines is 1. The molecule has 1 saturated heterocycles. The second-order valence-corrected chi connectivity index (χ2v) is 9.28. The van der Waals surface area contributed by atoms with Crippen molar-refractivity contribution in [3.8, 4) is 5.75 Å². The van der Waals surface area contributed by atoms with Gasteiger partial charge in [-0.05, 0) is 54.3 Å². The van der Waals surface area contributed by atoms with E-state index in [2.05, 4.69) is 25.8 Å². The fraction of sp³-hybridized carbons (Fsp3) is 0.346. The highest BCUT2D eigenvalue weighted by molar-refractivity contribution is 6.19. The SMILES string of the molecule is CCOC(=O)c1[nH]c2ccc(C(C)(C)C)cc2c1CN1CC(=O)N(c2ccc(OC)cc2)C1=O. The molecule has 1 aliphatic rings. The molecule has 0 radical (unpaired) electrons. The number of H-pyrrole nitrogens is 1. The van der Waals surface area contributed by atoms with Gasteiger partial charge in [0.05, 0.1) is 25.9 Å². The number of nitrogens with one attached hydrogen (secondary N) is 1. The van der Waals surface area contributed by atoms with Crippen LogP contribution in [0.4, 0.5) is 10.5 Å². The van der Waals surface area contributed by atoms with Gasteiger partial charge in [-0.2, -0.15) is 0 Å². The number of urea groups is 1. The number of aromatic amines is 1. The number of ether oxygens (including phenoxy) is 2. The van der Waals surface area contributed by atoms with Crippen LogP contribution in [0.25, 0.3) is 10.9 Å². The minimum atomic E-state index is -0.490. The molecule has 3 aromatic rings. The number of nitrogens with zero attached hydrogens (tertiary/aromatic N) is 2. The van der Waals surface area contributed by atoms with Crippen LogP contribution in [0.1, 0.15) is 49.3 Å². The number of esters is 1. The van der Waals surface area contributed by atoms with Crippen LogP contribution in [-0.2, 0) is 21.5 Å². The van der Waals surface area contributed by atoms with Gasteiger partial charge in [-0.1, -0.05) is 26.8 Å². The highest BCUT2D eigenvalue weighted by Crippen LogP contribution is 2.32. The van der Waals surface area contributed by atoms with Crippen LogP contribution in [0.5, 0.6) is 5.75 Å². The minimum absolute atomic E-state index is 0.0846. The molecule has 1 aliphatic heterocycles. The van der Waals surface area contributed by atoms with E-state index in [1.54, 1.807) is 38.3 Å². The highest BCUT2D eigenvalue weighted by Gasteiger charge is 2.38. The number of imide groups is 1. The molecule has 1 N–H and O–H groups in total. The van der Waals surface area contributed by atoms with Gasteiger partial charge in [0.25, 0.3) is 5.91 Å². The lowest BCUT2D eigenvalue weighted by atomic mass is 9.86. The Morgan fingerprint density at radius 3 is 2.41 bits per heavy atom. The lowest BCUT2D eigenvalue weighted by molar-refractivity contribution is -0.116. The van der Waals surface area contributed by atoms with Crippen molar-refractivity contribution in [2.24, 2.45) is 0 Å². The Labute approximate surface area is 198 Å². The summed E-state index contributed by atoms with van der Waals surface area (Å²) in [5, 5.41) is 0.832. The third-order valence-corrected chi connectivity index (χ3v) is 5.97. The summed E-state index contributed by atoms with van der Waals surface area (Å²) in [4.78, 5) is 44.5. The molecule has 178 valence electrons. The number of aromatic nitrogens is 1. The van der Waals surface area contributed by atoms with E-state index < -0.39 is 12.0 Å². The van der Waals surface area contributed by atoms with Crippen LogP contribution in [0, 0.1) is 0 Å². The summed E-state index contributed by atoms with van der Waals surface area (Å²) >= 11 is 0. The second kappa shape index (κ2) is 8.85. The maximum atomic E-state index is 13.2. The Morgan fingerprint density at radius 2 is 1.79 bits per heavy atom. The van der Waals surface area contributed by atoms with Gasteiger partial charge in [0.15, 0.2) is 0 Å². The lowest BCUT2D eigenvalue weighted by Gasteiger charge is -2.20. The molecular formula is C26H29N3O5. The normalized spacial score (nSPS) is 14.3. The number of amides is 3. The molecule has 0 bridgehead atoms. The molecule has 0 spiro atoms. The van der Waals surface area contributed by atoms with Crippen molar-refractivity contribution in [2.75, 3.05) is 25.2 Å². The van der Waals surface area contributed by atoms with Crippen molar-refractivity contribution in [2.45, 2.75) is 39.7 Å². The van der Waals surface area contributed by atoms with Crippen molar-refractivity contribution in [3.63, 3.8) is 0 Å². The highest BCUT2D eigenvalue weighted by atomic mass is 16.5. The number of rotatable bonds is 6. The molecule has 4 rings (SSSR count). The molecule has 2 heterocycles. The van der Waals surface area contributed by atoms with Crippen molar-refractivity contribution in [1.29, 1.82) is 0 Å². The number of hydrogen-bond acceptors (Lipinski definition) is 5. The van der Waals surface area contributed by atoms with Gasteiger partial charge in [-0.25, -0.2) is 14.5 Å². The topological polar surface area (TPSA) is 91.9 Å². The van der Waals surface area contributed by atoms with Crippen LogP contribution in [0.15, 0.2) is 42.5 Å². The predicted molar refractivity (Wildman–Crippen MR) is 129 cm³/mol. The molecule has 3 amide bonds. The zero-order chi connectivity index (χ0) is 24.6. The summed E-state index contributed by atoms with van der Waals surface area (Å²) in [7, 11) is 1.55. The van der Waals surface area contributed by atoms with Crippen molar-refractivity contribution >= 4 is 34.5 Å². The quantitative estimate of drug-likeness (QED) is 0.425. The largest absolute Gasteiger partial charge is 0.497 e. The predicted octanol–water partition coefficient (Wildman–Crippen LogP) is 4.62. The summed E-state index contributed by atoms with van der Waals surface area (Å²) in [6.07, 6.45) is 0. The number of hydrogen-bond donors (Lipinski definition) is 1. The van der Waals surface area contributed by atoms with Crippen molar-refractivity contribution < 1.29 is 23.9 Å².